The van der Waals surface area contributed by atoms with Crippen LogP contribution in [-0.2, 0) is 11.3 Å². The monoisotopic (exact) mass is 326 g/mol. The zero-order valence-electron chi connectivity index (χ0n) is 13.3. The summed E-state index contributed by atoms with van der Waals surface area (Å²) in [4.78, 5) is 20.4. The summed E-state index contributed by atoms with van der Waals surface area (Å²) in [7, 11) is 1.59. The molecule has 0 aliphatic heterocycles. The molecule has 0 aliphatic carbocycles. The summed E-state index contributed by atoms with van der Waals surface area (Å²) in [5.41, 5.74) is 2.27. The van der Waals surface area contributed by atoms with Gasteiger partial charge < -0.3 is 15.4 Å². The molecule has 0 aliphatic rings. The van der Waals surface area contributed by atoms with E-state index in [0.717, 1.165) is 11.3 Å². The Hall–Kier alpha value is -3.00. The number of amides is 1. The first-order valence-corrected chi connectivity index (χ1v) is 7.52. The van der Waals surface area contributed by atoms with E-state index >= 15 is 0 Å². The molecule has 1 amide bonds. The van der Waals surface area contributed by atoms with Crippen molar-refractivity contribution in [3.05, 3.63) is 54.1 Å². The minimum Gasteiger partial charge on any atom is -0.383 e. The van der Waals surface area contributed by atoms with Crippen LogP contribution in [0.2, 0.25) is 0 Å². The summed E-state index contributed by atoms with van der Waals surface area (Å²) < 4.78 is 6.66. The molecule has 2 N–H and O–H groups in total. The van der Waals surface area contributed by atoms with E-state index in [1.54, 1.807) is 42.3 Å². The van der Waals surface area contributed by atoms with Gasteiger partial charge >= 0.3 is 0 Å². The van der Waals surface area contributed by atoms with Crippen LogP contribution in [0.3, 0.4) is 0 Å². The van der Waals surface area contributed by atoms with Crippen LogP contribution in [0, 0.1) is 0 Å². The summed E-state index contributed by atoms with van der Waals surface area (Å²) in [5, 5.41) is 10.2. The normalized spacial score (nSPS) is 10.7. The Balaban J connectivity index is 1.60. The summed E-state index contributed by atoms with van der Waals surface area (Å²) in [6.45, 7) is 1.50. The number of nitrogens with zero attached hydrogens (tertiary/aromatic N) is 4. The number of anilines is 1. The van der Waals surface area contributed by atoms with Crippen molar-refractivity contribution < 1.29 is 9.53 Å². The fourth-order valence-electron chi connectivity index (χ4n) is 2.20. The van der Waals surface area contributed by atoms with Gasteiger partial charge in [0.1, 0.15) is 5.82 Å². The molecule has 0 saturated heterocycles. The van der Waals surface area contributed by atoms with Crippen LogP contribution < -0.4 is 10.6 Å². The Bertz CT molecular complexity index is 815. The molecule has 0 saturated carbocycles. The maximum absolute atomic E-state index is 11.9. The molecule has 0 radical (unpaired) electrons. The van der Waals surface area contributed by atoms with Crippen LogP contribution in [0.4, 0.5) is 5.82 Å². The van der Waals surface area contributed by atoms with Gasteiger partial charge in [0.15, 0.2) is 5.65 Å². The van der Waals surface area contributed by atoms with Crippen molar-refractivity contribution in [1.29, 1.82) is 0 Å². The second-order valence-corrected chi connectivity index (χ2v) is 5.07. The number of carbonyl (C=O) groups is 1. The lowest BCUT2D eigenvalue weighted by atomic mass is 10.2. The van der Waals surface area contributed by atoms with E-state index < -0.39 is 0 Å². The van der Waals surface area contributed by atoms with Crippen LogP contribution in [0.5, 0.6) is 0 Å². The zero-order chi connectivity index (χ0) is 16.8. The maximum Gasteiger partial charge on any atom is 0.252 e. The number of fused-ring (bicyclic) bond motifs is 1. The number of nitrogens with one attached hydrogen (secondary N) is 2. The first-order chi connectivity index (χ1) is 11.8. The number of aromatic nitrogens is 4. The molecule has 8 nitrogen and oxygen atoms in total. The van der Waals surface area contributed by atoms with Gasteiger partial charge in [-0.1, -0.05) is 0 Å². The quantitative estimate of drug-likeness (QED) is 0.632. The van der Waals surface area contributed by atoms with Crippen molar-refractivity contribution in [3.63, 3.8) is 0 Å². The zero-order valence-corrected chi connectivity index (χ0v) is 13.3. The molecular weight excluding hydrogens is 308 g/mol. The van der Waals surface area contributed by atoms with Crippen LogP contribution in [0.25, 0.3) is 5.65 Å². The van der Waals surface area contributed by atoms with E-state index in [4.69, 9.17) is 4.74 Å². The summed E-state index contributed by atoms with van der Waals surface area (Å²) >= 11 is 0. The first-order valence-electron chi connectivity index (χ1n) is 7.52. The molecule has 0 bridgehead atoms. The number of ether oxygens (including phenoxy) is 1. The van der Waals surface area contributed by atoms with Crippen molar-refractivity contribution in [2.24, 2.45) is 0 Å². The molecule has 0 spiro atoms. The lowest BCUT2D eigenvalue weighted by Gasteiger charge is -2.08. The van der Waals surface area contributed by atoms with E-state index in [0.29, 0.717) is 31.1 Å². The predicted octanol–water partition coefficient (Wildman–Crippen LogP) is 1.11. The lowest BCUT2D eigenvalue weighted by Crippen LogP contribution is -2.27. The van der Waals surface area contributed by atoms with Gasteiger partial charge in [-0.25, -0.2) is 14.5 Å². The first kappa shape index (κ1) is 15.9. The standard InChI is InChI=1S/C16H18N6O2/c1-24-9-8-18-16(23)12-2-3-14(19-10-12)20-11-13-4-6-17-15-5-7-21-22(13)15/h2-7,10H,8-9,11H2,1H3,(H,18,23)(H,19,20). The van der Waals surface area contributed by atoms with Crippen molar-refractivity contribution in [1.82, 2.24) is 24.9 Å². The Morgan fingerprint density at radius 3 is 2.92 bits per heavy atom. The van der Waals surface area contributed by atoms with E-state index in [1.165, 1.54) is 0 Å². The maximum atomic E-state index is 11.9. The van der Waals surface area contributed by atoms with Crippen molar-refractivity contribution in [3.8, 4) is 0 Å². The molecule has 8 heteroatoms. The molecule has 124 valence electrons. The van der Waals surface area contributed by atoms with Gasteiger partial charge in [-0.15, -0.1) is 0 Å². The van der Waals surface area contributed by atoms with Crippen LogP contribution in [-0.4, -0.2) is 45.8 Å². The Morgan fingerprint density at radius 2 is 2.12 bits per heavy atom. The Labute approximate surface area is 138 Å². The van der Waals surface area contributed by atoms with E-state index in [-0.39, 0.29) is 5.91 Å². The van der Waals surface area contributed by atoms with Gasteiger partial charge in [-0.05, 0) is 18.2 Å². The topological polar surface area (TPSA) is 93.4 Å². The molecule has 3 aromatic rings. The highest BCUT2D eigenvalue weighted by Crippen LogP contribution is 2.09. The van der Waals surface area contributed by atoms with Gasteiger partial charge in [0.2, 0.25) is 0 Å². The average Bonchev–Trinajstić information content (AvgIpc) is 3.10. The SMILES string of the molecule is COCCNC(=O)c1ccc(NCc2ccnc3ccnn23)nc1. The van der Waals surface area contributed by atoms with Gasteiger partial charge in [-0.2, -0.15) is 5.10 Å². The third-order valence-electron chi connectivity index (χ3n) is 3.44. The van der Waals surface area contributed by atoms with Crippen molar-refractivity contribution in [2.45, 2.75) is 6.54 Å². The van der Waals surface area contributed by atoms with E-state index in [2.05, 4.69) is 25.7 Å². The largest absolute Gasteiger partial charge is 0.383 e. The van der Waals surface area contributed by atoms with Gasteiger partial charge in [-0.3, -0.25) is 4.79 Å². The number of hydrogen-bond acceptors (Lipinski definition) is 6. The molecule has 0 fully saturated rings. The number of pyridine rings is 1. The third kappa shape index (κ3) is 3.66. The highest BCUT2D eigenvalue weighted by atomic mass is 16.5. The molecule has 0 aromatic carbocycles. The highest BCUT2D eigenvalue weighted by Gasteiger charge is 2.06. The molecule has 0 unspecified atom stereocenters. The van der Waals surface area contributed by atoms with Crippen molar-refractivity contribution >= 4 is 17.4 Å². The molecule has 24 heavy (non-hydrogen) atoms. The van der Waals surface area contributed by atoms with Crippen LogP contribution in [0.15, 0.2) is 42.9 Å². The van der Waals surface area contributed by atoms with Gasteiger partial charge in [0.05, 0.1) is 30.6 Å². The molecular formula is C16H18N6O2. The lowest BCUT2D eigenvalue weighted by molar-refractivity contribution is 0.0937. The number of methoxy groups -OCH3 is 1. The van der Waals surface area contributed by atoms with Crippen LogP contribution >= 0.6 is 0 Å². The second-order valence-electron chi connectivity index (χ2n) is 5.07. The van der Waals surface area contributed by atoms with Crippen molar-refractivity contribution in [2.75, 3.05) is 25.6 Å². The molecule has 3 heterocycles. The molecule has 3 aromatic heterocycles. The molecule has 3 rings (SSSR count). The van der Waals surface area contributed by atoms with Crippen LogP contribution in [0.1, 0.15) is 16.1 Å². The average molecular weight is 326 g/mol. The Morgan fingerprint density at radius 1 is 1.21 bits per heavy atom. The van der Waals surface area contributed by atoms with Gasteiger partial charge in [0.25, 0.3) is 5.91 Å². The fourth-order valence-corrected chi connectivity index (χ4v) is 2.20. The summed E-state index contributed by atoms with van der Waals surface area (Å²) in [6.07, 6.45) is 5.00. The van der Waals surface area contributed by atoms with E-state index in [1.807, 2.05) is 12.1 Å². The highest BCUT2D eigenvalue weighted by molar-refractivity contribution is 5.94. The fraction of sp³-hybridized carbons (Fsp3) is 0.250. The number of carbonyl (C=O) groups excluding carboxylic acids is 1. The summed E-state index contributed by atoms with van der Waals surface area (Å²) in [6, 6.07) is 7.24. The third-order valence-corrected chi connectivity index (χ3v) is 3.44. The smallest absolute Gasteiger partial charge is 0.252 e. The minimum absolute atomic E-state index is 0.168. The Kier molecular flexibility index (Phi) is 4.97. The van der Waals surface area contributed by atoms with Gasteiger partial charge in [0, 0.05) is 32.1 Å². The number of hydrogen-bond donors (Lipinski definition) is 2. The summed E-state index contributed by atoms with van der Waals surface area (Å²) in [5.74, 6) is 0.513. The second kappa shape index (κ2) is 7.51. The van der Waals surface area contributed by atoms with E-state index in [9.17, 15) is 4.79 Å². The number of rotatable bonds is 7. The molecule has 0 atom stereocenters. The minimum atomic E-state index is -0.168. The predicted molar refractivity (Wildman–Crippen MR) is 88.8 cm³/mol.